The maximum Gasteiger partial charge on any atom is 0.298 e. The van der Waals surface area contributed by atoms with Crippen LogP contribution >= 0.6 is 11.8 Å². The Bertz CT molecular complexity index is 1170. The Hall–Kier alpha value is -3.31. The highest BCUT2D eigenvalue weighted by Gasteiger charge is 2.36. The van der Waals surface area contributed by atoms with Crippen LogP contribution in [0, 0.1) is 6.92 Å². The molecule has 0 aromatic heterocycles. The second-order valence-electron chi connectivity index (χ2n) is 8.13. The minimum absolute atomic E-state index is 0.278. The van der Waals surface area contributed by atoms with Crippen LogP contribution in [0.25, 0.3) is 6.08 Å². The predicted octanol–water partition coefficient (Wildman–Crippen LogP) is 7.16. The molecule has 0 saturated carbocycles. The van der Waals surface area contributed by atoms with Crippen molar-refractivity contribution in [2.45, 2.75) is 39.7 Å². The Kier molecular flexibility index (Phi) is 7.30. The van der Waals surface area contributed by atoms with Crippen molar-refractivity contribution >= 4 is 34.7 Å². The summed E-state index contributed by atoms with van der Waals surface area (Å²) in [4.78, 5) is 27.2. The van der Waals surface area contributed by atoms with Gasteiger partial charge in [-0.3, -0.25) is 9.59 Å². The van der Waals surface area contributed by atoms with Crippen LogP contribution in [0.1, 0.15) is 42.0 Å². The molecular weight excluding hydrogens is 430 g/mol. The number of hydrogen-bond donors (Lipinski definition) is 0. The molecule has 2 amide bonds. The molecule has 0 radical (unpaired) electrons. The fourth-order valence-corrected chi connectivity index (χ4v) is 4.42. The van der Waals surface area contributed by atoms with Crippen molar-refractivity contribution in [2.24, 2.45) is 0 Å². The van der Waals surface area contributed by atoms with E-state index < -0.39 is 0 Å². The average Bonchev–Trinajstić information content (AvgIpc) is 3.10. The Morgan fingerprint density at radius 3 is 2.39 bits per heavy atom. The highest BCUT2D eigenvalue weighted by Crippen LogP contribution is 2.36. The lowest BCUT2D eigenvalue weighted by Crippen LogP contribution is -2.27. The lowest BCUT2D eigenvalue weighted by atomic mass is 10.1. The van der Waals surface area contributed by atoms with Gasteiger partial charge in [-0.15, -0.1) is 0 Å². The molecule has 4 rings (SSSR count). The van der Waals surface area contributed by atoms with E-state index in [0.29, 0.717) is 22.9 Å². The van der Waals surface area contributed by atoms with E-state index in [1.165, 1.54) is 16.0 Å². The lowest BCUT2D eigenvalue weighted by Gasteiger charge is -2.13. The first-order valence-corrected chi connectivity index (χ1v) is 12.0. The second kappa shape index (κ2) is 10.5. The quantitative estimate of drug-likeness (QED) is 0.337. The molecule has 0 atom stereocenters. The zero-order valence-corrected chi connectivity index (χ0v) is 19.7. The topological polar surface area (TPSA) is 46.6 Å². The van der Waals surface area contributed by atoms with Crippen LogP contribution in [0.2, 0.25) is 0 Å². The number of anilines is 1. The standard InChI is InChI=1S/C28H27NO3S/c1-3-4-6-21-13-15-24(16-14-21)29-27(30)26(33-28(29)31)18-23-7-5-8-25(17-23)32-19-22-11-9-20(2)10-12-22/h5,7-18H,3-4,6,19H2,1-2H3/b26-18-. The number of amides is 2. The lowest BCUT2D eigenvalue weighted by molar-refractivity contribution is -0.113. The predicted molar refractivity (Wildman–Crippen MR) is 135 cm³/mol. The summed E-state index contributed by atoms with van der Waals surface area (Å²) in [6, 6.07) is 23.4. The summed E-state index contributed by atoms with van der Waals surface area (Å²) in [6.45, 7) is 4.68. The van der Waals surface area contributed by atoms with E-state index in [2.05, 4.69) is 26.0 Å². The molecule has 0 spiro atoms. The number of rotatable bonds is 8. The zero-order valence-electron chi connectivity index (χ0n) is 18.9. The maximum atomic E-state index is 13.0. The van der Waals surface area contributed by atoms with Gasteiger partial charge in [-0.2, -0.15) is 0 Å². The van der Waals surface area contributed by atoms with Gasteiger partial charge in [0.25, 0.3) is 11.1 Å². The van der Waals surface area contributed by atoms with E-state index in [1.807, 2.05) is 60.7 Å². The summed E-state index contributed by atoms with van der Waals surface area (Å²) >= 11 is 0.965. The van der Waals surface area contributed by atoms with Crippen molar-refractivity contribution in [1.82, 2.24) is 0 Å². The van der Waals surface area contributed by atoms with E-state index in [4.69, 9.17) is 4.74 Å². The fourth-order valence-electron chi connectivity index (χ4n) is 3.58. The van der Waals surface area contributed by atoms with E-state index >= 15 is 0 Å². The summed E-state index contributed by atoms with van der Waals surface area (Å²) < 4.78 is 5.92. The highest BCUT2D eigenvalue weighted by atomic mass is 32.2. The molecule has 1 fully saturated rings. The molecule has 3 aromatic rings. The van der Waals surface area contributed by atoms with E-state index in [9.17, 15) is 9.59 Å². The number of carbonyl (C=O) groups excluding carboxylic acids is 2. The first-order chi connectivity index (χ1) is 16.0. The van der Waals surface area contributed by atoms with Crippen LogP contribution < -0.4 is 9.64 Å². The van der Waals surface area contributed by atoms with E-state index in [1.54, 1.807) is 6.08 Å². The van der Waals surface area contributed by atoms with Crippen LogP contribution in [0.3, 0.4) is 0 Å². The third-order valence-electron chi connectivity index (χ3n) is 5.49. The maximum absolute atomic E-state index is 13.0. The molecule has 4 nitrogen and oxygen atoms in total. The SMILES string of the molecule is CCCCc1ccc(N2C(=O)S/C(=C\c3cccc(OCc4ccc(C)cc4)c3)C2=O)cc1. The summed E-state index contributed by atoms with van der Waals surface area (Å²) in [7, 11) is 0. The Morgan fingerprint density at radius 2 is 1.67 bits per heavy atom. The number of aryl methyl sites for hydroxylation is 2. The molecule has 1 heterocycles. The number of nitrogens with zero attached hydrogens (tertiary/aromatic N) is 1. The summed E-state index contributed by atoms with van der Waals surface area (Å²) in [5.41, 5.74) is 4.94. The largest absolute Gasteiger partial charge is 0.489 e. The smallest absolute Gasteiger partial charge is 0.298 e. The Morgan fingerprint density at radius 1 is 0.939 bits per heavy atom. The van der Waals surface area contributed by atoms with E-state index in [0.717, 1.165) is 42.2 Å². The molecule has 0 N–H and O–H groups in total. The summed E-state index contributed by atoms with van der Waals surface area (Å²) in [5.74, 6) is 0.420. The third-order valence-corrected chi connectivity index (χ3v) is 6.36. The van der Waals surface area contributed by atoms with Crippen LogP contribution in [0.4, 0.5) is 10.5 Å². The van der Waals surface area contributed by atoms with Gasteiger partial charge in [0.2, 0.25) is 0 Å². The Labute approximate surface area is 199 Å². The minimum Gasteiger partial charge on any atom is -0.489 e. The van der Waals surface area contributed by atoms with Gasteiger partial charge in [0.05, 0.1) is 10.6 Å². The molecule has 168 valence electrons. The van der Waals surface area contributed by atoms with Gasteiger partial charge < -0.3 is 4.74 Å². The number of carbonyl (C=O) groups is 2. The van der Waals surface area contributed by atoms with Crippen molar-refractivity contribution < 1.29 is 14.3 Å². The number of thioether (sulfide) groups is 1. The number of hydrogen-bond acceptors (Lipinski definition) is 4. The highest BCUT2D eigenvalue weighted by molar-refractivity contribution is 8.19. The fraction of sp³-hybridized carbons (Fsp3) is 0.214. The molecule has 33 heavy (non-hydrogen) atoms. The van der Waals surface area contributed by atoms with Crippen LogP contribution in [0.15, 0.2) is 77.7 Å². The second-order valence-corrected chi connectivity index (χ2v) is 9.13. The number of ether oxygens (including phenoxy) is 1. The van der Waals surface area contributed by atoms with E-state index in [-0.39, 0.29) is 11.1 Å². The molecule has 0 bridgehead atoms. The van der Waals surface area contributed by atoms with Gasteiger partial charge >= 0.3 is 0 Å². The van der Waals surface area contributed by atoms with Crippen molar-refractivity contribution in [3.05, 3.63) is 100.0 Å². The molecule has 5 heteroatoms. The molecule has 1 aliphatic rings. The van der Waals surface area contributed by atoms with Crippen LogP contribution in [-0.4, -0.2) is 11.1 Å². The van der Waals surface area contributed by atoms with Gasteiger partial charge in [-0.05, 0) is 78.6 Å². The molecule has 0 unspecified atom stereocenters. The third kappa shape index (κ3) is 5.74. The minimum atomic E-state index is -0.294. The van der Waals surface area contributed by atoms with Crippen molar-refractivity contribution in [2.75, 3.05) is 4.90 Å². The molecule has 1 saturated heterocycles. The first kappa shape index (κ1) is 22.9. The van der Waals surface area contributed by atoms with Gasteiger partial charge in [0.15, 0.2) is 0 Å². The number of unbranched alkanes of at least 4 members (excludes halogenated alkanes) is 1. The van der Waals surface area contributed by atoms with Gasteiger partial charge in [-0.1, -0.05) is 67.4 Å². The monoisotopic (exact) mass is 457 g/mol. The van der Waals surface area contributed by atoms with Crippen molar-refractivity contribution in [3.8, 4) is 5.75 Å². The molecule has 1 aliphatic heterocycles. The van der Waals surface area contributed by atoms with Crippen molar-refractivity contribution in [1.29, 1.82) is 0 Å². The molecule has 0 aliphatic carbocycles. The first-order valence-electron chi connectivity index (χ1n) is 11.2. The summed E-state index contributed by atoms with van der Waals surface area (Å²) in [5, 5.41) is -0.278. The van der Waals surface area contributed by atoms with Crippen molar-refractivity contribution in [3.63, 3.8) is 0 Å². The average molecular weight is 458 g/mol. The molecular formula is C28H27NO3S. The van der Waals surface area contributed by atoms with Crippen LogP contribution in [0.5, 0.6) is 5.75 Å². The molecule has 3 aromatic carbocycles. The number of imide groups is 1. The Balaban J connectivity index is 1.45. The van der Waals surface area contributed by atoms with Gasteiger partial charge in [0.1, 0.15) is 12.4 Å². The van der Waals surface area contributed by atoms with Gasteiger partial charge in [0, 0.05) is 0 Å². The normalized spacial score (nSPS) is 14.8. The summed E-state index contributed by atoms with van der Waals surface area (Å²) in [6.07, 6.45) is 5.01. The van der Waals surface area contributed by atoms with Gasteiger partial charge in [-0.25, -0.2) is 4.90 Å². The van der Waals surface area contributed by atoms with Crippen LogP contribution in [-0.2, 0) is 17.8 Å². The zero-order chi connectivity index (χ0) is 23.2. The number of benzene rings is 3.